The molecule has 0 radical (unpaired) electrons. The zero-order chi connectivity index (χ0) is 14.4. The highest BCUT2D eigenvalue weighted by Gasteiger charge is 2.08. The largest absolute Gasteiger partial charge is 0.367 e. The number of benzene rings is 2. The molecule has 2 aromatic rings. The number of hydrogen-bond acceptors (Lipinski definition) is 2. The van der Waals surface area contributed by atoms with Crippen LogP contribution in [0, 0.1) is 6.92 Å². The maximum absolute atomic E-state index is 3.25. The summed E-state index contributed by atoms with van der Waals surface area (Å²) in [6.45, 7) is 7.24. The Morgan fingerprint density at radius 1 is 1.00 bits per heavy atom. The molecule has 2 nitrogen and oxygen atoms in total. The van der Waals surface area contributed by atoms with Gasteiger partial charge >= 0.3 is 0 Å². The fraction of sp³-hybridized carbons (Fsp3) is 0.333. The average Bonchev–Trinajstić information content (AvgIpc) is 2.46. The number of anilines is 1. The molecule has 0 saturated heterocycles. The van der Waals surface area contributed by atoms with E-state index in [2.05, 4.69) is 72.6 Å². The first kappa shape index (κ1) is 14.6. The first-order valence-electron chi connectivity index (χ1n) is 7.27. The lowest BCUT2D eigenvalue weighted by molar-refractivity contribution is 0.778. The van der Waals surface area contributed by atoms with Gasteiger partial charge in [-0.2, -0.15) is 0 Å². The zero-order valence-corrected chi connectivity index (χ0v) is 12.7. The van der Waals surface area contributed by atoms with Gasteiger partial charge in [0.25, 0.3) is 0 Å². The first-order chi connectivity index (χ1) is 9.74. The van der Waals surface area contributed by atoms with E-state index in [1.807, 2.05) is 7.05 Å². The predicted octanol–water partition coefficient (Wildman–Crippen LogP) is 3.74. The molecule has 0 amide bonds. The van der Waals surface area contributed by atoms with E-state index in [4.69, 9.17) is 0 Å². The lowest BCUT2D eigenvalue weighted by Crippen LogP contribution is -2.23. The topological polar surface area (TPSA) is 15.3 Å². The van der Waals surface area contributed by atoms with Crippen LogP contribution in [-0.2, 0) is 13.1 Å². The summed E-state index contributed by atoms with van der Waals surface area (Å²) in [6.07, 6.45) is 0. The summed E-state index contributed by atoms with van der Waals surface area (Å²) in [7, 11) is 1.99. The highest BCUT2D eigenvalue weighted by molar-refractivity contribution is 5.49. The molecule has 0 unspecified atom stereocenters. The molecule has 0 aliphatic heterocycles. The number of hydrogen-bond donors (Lipinski definition) is 1. The lowest BCUT2D eigenvalue weighted by atomic mass is 10.1. The van der Waals surface area contributed by atoms with Crippen molar-refractivity contribution >= 4 is 5.69 Å². The molecular formula is C18H24N2. The van der Waals surface area contributed by atoms with E-state index in [-0.39, 0.29) is 0 Å². The number of nitrogens with zero attached hydrogens (tertiary/aromatic N) is 1. The van der Waals surface area contributed by atoms with Gasteiger partial charge in [-0.1, -0.05) is 36.4 Å². The van der Waals surface area contributed by atoms with Crippen LogP contribution < -0.4 is 10.2 Å². The summed E-state index contributed by atoms with van der Waals surface area (Å²) in [6, 6.07) is 17.4. The van der Waals surface area contributed by atoms with E-state index in [9.17, 15) is 0 Å². The monoisotopic (exact) mass is 268 g/mol. The molecule has 1 N–H and O–H groups in total. The molecule has 0 bridgehead atoms. The van der Waals surface area contributed by atoms with Gasteiger partial charge in [0.1, 0.15) is 0 Å². The number of nitrogens with one attached hydrogen (secondary N) is 1. The van der Waals surface area contributed by atoms with Crippen LogP contribution in [0.4, 0.5) is 5.69 Å². The maximum atomic E-state index is 3.25. The van der Waals surface area contributed by atoms with Crippen molar-refractivity contribution in [2.45, 2.75) is 26.9 Å². The molecule has 2 aromatic carbocycles. The zero-order valence-electron chi connectivity index (χ0n) is 12.7. The number of aryl methyl sites for hydroxylation is 1. The van der Waals surface area contributed by atoms with E-state index in [1.54, 1.807) is 0 Å². The van der Waals surface area contributed by atoms with Gasteiger partial charge in [-0.15, -0.1) is 0 Å². The van der Waals surface area contributed by atoms with Crippen LogP contribution in [0.2, 0.25) is 0 Å². The van der Waals surface area contributed by atoms with E-state index in [1.165, 1.54) is 22.4 Å². The Bertz CT molecular complexity index is 549. The van der Waals surface area contributed by atoms with Gasteiger partial charge in [-0.3, -0.25) is 0 Å². The second kappa shape index (κ2) is 7.11. The van der Waals surface area contributed by atoms with Crippen LogP contribution in [0.3, 0.4) is 0 Å². The van der Waals surface area contributed by atoms with Gasteiger partial charge in [0.05, 0.1) is 0 Å². The van der Waals surface area contributed by atoms with Crippen LogP contribution in [0.1, 0.15) is 23.6 Å². The molecule has 0 heterocycles. The average molecular weight is 268 g/mol. The van der Waals surface area contributed by atoms with Gasteiger partial charge in [0, 0.05) is 25.3 Å². The minimum absolute atomic E-state index is 0.918. The van der Waals surface area contributed by atoms with Crippen LogP contribution >= 0.6 is 0 Å². The minimum atomic E-state index is 0.918. The van der Waals surface area contributed by atoms with Gasteiger partial charge in [0.15, 0.2) is 0 Å². The second-order valence-corrected chi connectivity index (χ2v) is 5.15. The van der Waals surface area contributed by atoms with Crippen LogP contribution in [-0.4, -0.2) is 13.6 Å². The van der Waals surface area contributed by atoms with Crippen molar-refractivity contribution in [2.24, 2.45) is 0 Å². The SMILES string of the molecule is CCN(Cc1ccccc1CNC)c1cccc(C)c1. The first-order valence-corrected chi connectivity index (χ1v) is 7.27. The molecule has 0 aromatic heterocycles. The van der Waals surface area contributed by atoms with Crippen molar-refractivity contribution in [3.05, 3.63) is 65.2 Å². The van der Waals surface area contributed by atoms with Gasteiger partial charge in [-0.25, -0.2) is 0 Å². The van der Waals surface area contributed by atoms with E-state index < -0.39 is 0 Å². The molecule has 0 atom stereocenters. The third-order valence-electron chi connectivity index (χ3n) is 3.60. The molecule has 0 spiro atoms. The molecule has 106 valence electrons. The van der Waals surface area contributed by atoms with Crippen LogP contribution in [0.15, 0.2) is 48.5 Å². The molecule has 0 aliphatic carbocycles. The Balaban J connectivity index is 2.22. The summed E-state index contributed by atoms with van der Waals surface area (Å²) in [5.74, 6) is 0. The van der Waals surface area contributed by atoms with Crippen molar-refractivity contribution in [3.63, 3.8) is 0 Å². The fourth-order valence-electron chi connectivity index (χ4n) is 2.49. The summed E-state index contributed by atoms with van der Waals surface area (Å²) in [5.41, 5.74) is 5.38. The summed E-state index contributed by atoms with van der Waals surface area (Å²) < 4.78 is 0. The van der Waals surface area contributed by atoms with E-state index in [0.29, 0.717) is 0 Å². The standard InChI is InChI=1S/C18H24N2/c1-4-20(18-11-7-8-15(2)12-18)14-17-10-6-5-9-16(17)13-19-3/h5-12,19H,4,13-14H2,1-3H3. The normalized spacial score (nSPS) is 10.6. The van der Waals surface area contributed by atoms with Gasteiger partial charge in [0.2, 0.25) is 0 Å². The van der Waals surface area contributed by atoms with Crippen molar-refractivity contribution in [2.75, 3.05) is 18.5 Å². The highest BCUT2D eigenvalue weighted by atomic mass is 15.1. The van der Waals surface area contributed by atoms with E-state index in [0.717, 1.165) is 19.6 Å². The van der Waals surface area contributed by atoms with Crippen molar-refractivity contribution in [1.82, 2.24) is 5.32 Å². The third-order valence-corrected chi connectivity index (χ3v) is 3.60. The molecular weight excluding hydrogens is 244 g/mol. The molecule has 20 heavy (non-hydrogen) atoms. The summed E-state index contributed by atoms with van der Waals surface area (Å²) in [5, 5.41) is 3.25. The van der Waals surface area contributed by atoms with Crippen molar-refractivity contribution < 1.29 is 0 Å². The van der Waals surface area contributed by atoms with Crippen LogP contribution in [0.25, 0.3) is 0 Å². The summed E-state index contributed by atoms with van der Waals surface area (Å²) in [4.78, 5) is 2.42. The minimum Gasteiger partial charge on any atom is -0.367 e. The lowest BCUT2D eigenvalue weighted by Gasteiger charge is -2.25. The molecule has 0 saturated carbocycles. The second-order valence-electron chi connectivity index (χ2n) is 5.15. The Kier molecular flexibility index (Phi) is 5.19. The molecule has 2 heteroatoms. The Morgan fingerprint density at radius 3 is 2.40 bits per heavy atom. The Morgan fingerprint density at radius 2 is 1.75 bits per heavy atom. The van der Waals surface area contributed by atoms with Crippen molar-refractivity contribution in [1.29, 1.82) is 0 Å². The molecule has 0 fully saturated rings. The van der Waals surface area contributed by atoms with Gasteiger partial charge in [-0.05, 0) is 49.7 Å². The fourth-order valence-corrected chi connectivity index (χ4v) is 2.49. The van der Waals surface area contributed by atoms with E-state index >= 15 is 0 Å². The molecule has 2 rings (SSSR count). The maximum Gasteiger partial charge on any atom is 0.0432 e. The Hall–Kier alpha value is -1.80. The smallest absolute Gasteiger partial charge is 0.0432 e. The van der Waals surface area contributed by atoms with Crippen molar-refractivity contribution in [3.8, 4) is 0 Å². The molecule has 0 aliphatic rings. The predicted molar refractivity (Wildman–Crippen MR) is 87.1 cm³/mol. The quantitative estimate of drug-likeness (QED) is 0.858. The van der Waals surface area contributed by atoms with Gasteiger partial charge < -0.3 is 10.2 Å². The van der Waals surface area contributed by atoms with Crippen LogP contribution in [0.5, 0.6) is 0 Å². The summed E-state index contributed by atoms with van der Waals surface area (Å²) >= 11 is 0. The highest BCUT2D eigenvalue weighted by Crippen LogP contribution is 2.20. The number of rotatable bonds is 6. The Labute approximate surface area is 122 Å². The third kappa shape index (κ3) is 3.61.